The van der Waals surface area contributed by atoms with E-state index in [1.54, 1.807) is 4.90 Å². The highest BCUT2D eigenvalue weighted by Crippen LogP contribution is 2.24. The lowest BCUT2D eigenvalue weighted by atomic mass is 9.91. The van der Waals surface area contributed by atoms with Crippen molar-refractivity contribution in [2.75, 3.05) is 13.1 Å². The van der Waals surface area contributed by atoms with Crippen molar-refractivity contribution in [3.8, 4) is 0 Å². The average Bonchev–Trinajstić information content (AvgIpc) is 2.54. The second-order valence-corrected chi connectivity index (χ2v) is 6.70. The summed E-state index contributed by atoms with van der Waals surface area (Å²) in [5.41, 5.74) is 6.62. The van der Waals surface area contributed by atoms with Gasteiger partial charge in [0, 0.05) is 36.8 Å². The third kappa shape index (κ3) is 2.95. The van der Waals surface area contributed by atoms with Crippen LogP contribution < -0.4 is 11.3 Å². The fourth-order valence-corrected chi connectivity index (χ4v) is 3.63. The Morgan fingerprint density at radius 1 is 1.39 bits per heavy atom. The molecule has 2 atom stereocenters. The number of H-pyrrole nitrogens is 1. The minimum atomic E-state index is -0.405. The maximum absolute atomic E-state index is 12.8. The Hall–Kier alpha value is -1.95. The molecule has 1 fully saturated rings. The molecular formula is C17H23N3O3. The van der Waals surface area contributed by atoms with Crippen molar-refractivity contribution in [3.63, 3.8) is 0 Å². The molecule has 3 N–H and O–H groups in total. The summed E-state index contributed by atoms with van der Waals surface area (Å²) in [6.07, 6.45) is 3.65. The maximum atomic E-state index is 12.8. The Bertz CT molecular complexity index is 695. The van der Waals surface area contributed by atoms with E-state index in [1.165, 1.54) is 6.07 Å². The van der Waals surface area contributed by atoms with Crippen molar-refractivity contribution in [3.05, 3.63) is 33.2 Å². The minimum Gasteiger partial charge on any atom is -0.334 e. The van der Waals surface area contributed by atoms with Crippen LogP contribution in [0.5, 0.6) is 0 Å². The number of carbonyl (C=O) groups is 2. The van der Waals surface area contributed by atoms with Gasteiger partial charge in [0.05, 0.1) is 0 Å². The fraction of sp³-hybridized carbons (Fsp3) is 0.588. The standard InChI is InChI=1S/C17H23N3O3/c1-10-5-6-20(11(7-10)9-18)17(23)13-8-12-14(19-16(13)22)3-2-4-15(12)21/h8,10-11H,2-7,9,18H2,1H3,(H,19,22). The van der Waals surface area contributed by atoms with Crippen molar-refractivity contribution in [2.24, 2.45) is 11.7 Å². The van der Waals surface area contributed by atoms with Gasteiger partial charge in [0.2, 0.25) is 0 Å². The van der Waals surface area contributed by atoms with Gasteiger partial charge >= 0.3 is 0 Å². The van der Waals surface area contributed by atoms with E-state index in [9.17, 15) is 14.4 Å². The molecule has 1 aromatic rings. The summed E-state index contributed by atoms with van der Waals surface area (Å²) in [5, 5.41) is 0. The Labute approximate surface area is 135 Å². The first-order valence-corrected chi connectivity index (χ1v) is 8.31. The maximum Gasteiger partial charge on any atom is 0.261 e. The number of likely N-dealkylation sites (tertiary alicyclic amines) is 1. The number of nitrogens with one attached hydrogen (secondary N) is 1. The molecule has 1 saturated heterocycles. The second kappa shape index (κ2) is 6.28. The minimum absolute atomic E-state index is 0.000749. The molecule has 23 heavy (non-hydrogen) atoms. The van der Waals surface area contributed by atoms with Crippen LogP contribution in [0, 0.1) is 5.92 Å². The van der Waals surface area contributed by atoms with Crippen LogP contribution in [0.1, 0.15) is 59.0 Å². The van der Waals surface area contributed by atoms with Crippen molar-refractivity contribution in [2.45, 2.75) is 45.1 Å². The number of hydrogen-bond donors (Lipinski definition) is 2. The molecule has 0 spiro atoms. The van der Waals surface area contributed by atoms with Crippen LogP contribution in [0.25, 0.3) is 0 Å². The summed E-state index contributed by atoms with van der Waals surface area (Å²) in [5.74, 6) is 0.213. The third-order valence-corrected chi connectivity index (χ3v) is 5.00. The van der Waals surface area contributed by atoms with Crippen molar-refractivity contribution in [1.82, 2.24) is 9.88 Å². The quantitative estimate of drug-likeness (QED) is 0.853. The number of piperidine rings is 1. The monoisotopic (exact) mass is 317 g/mol. The van der Waals surface area contributed by atoms with Crippen molar-refractivity contribution in [1.29, 1.82) is 0 Å². The molecule has 6 nitrogen and oxygen atoms in total. The van der Waals surface area contributed by atoms with Crippen LogP contribution in [0.2, 0.25) is 0 Å². The van der Waals surface area contributed by atoms with Crippen LogP contribution in [-0.4, -0.2) is 40.7 Å². The Morgan fingerprint density at radius 3 is 2.91 bits per heavy atom. The van der Waals surface area contributed by atoms with E-state index < -0.39 is 5.56 Å². The average molecular weight is 317 g/mol. The molecule has 2 unspecified atom stereocenters. The summed E-state index contributed by atoms with van der Waals surface area (Å²) in [7, 11) is 0. The largest absolute Gasteiger partial charge is 0.334 e. The zero-order valence-electron chi connectivity index (χ0n) is 13.4. The van der Waals surface area contributed by atoms with E-state index in [0.29, 0.717) is 43.1 Å². The first-order valence-electron chi connectivity index (χ1n) is 8.31. The second-order valence-electron chi connectivity index (χ2n) is 6.70. The number of aromatic nitrogens is 1. The highest BCUT2D eigenvalue weighted by Gasteiger charge is 2.31. The molecule has 1 aliphatic heterocycles. The Balaban J connectivity index is 1.95. The van der Waals surface area contributed by atoms with Crippen LogP contribution in [0.4, 0.5) is 0 Å². The number of amides is 1. The molecule has 2 heterocycles. The van der Waals surface area contributed by atoms with Gasteiger partial charge in [-0.2, -0.15) is 0 Å². The highest BCUT2D eigenvalue weighted by atomic mass is 16.2. The first kappa shape index (κ1) is 15.9. The zero-order valence-corrected chi connectivity index (χ0v) is 13.4. The molecule has 0 saturated carbocycles. The van der Waals surface area contributed by atoms with Gasteiger partial charge in [-0.3, -0.25) is 14.4 Å². The zero-order chi connectivity index (χ0) is 16.6. The smallest absolute Gasteiger partial charge is 0.261 e. The van der Waals surface area contributed by atoms with Crippen LogP contribution >= 0.6 is 0 Å². The van der Waals surface area contributed by atoms with Gasteiger partial charge in [0.25, 0.3) is 11.5 Å². The first-order chi connectivity index (χ1) is 11.0. The topological polar surface area (TPSA) is 96.3 Å². The van der Waals surface area contributed by atoms with E-state index in [1.807, 2.05) is 0 Å². The van der Waals surface area contributed by atoms with Crippen LogP contribution in [0.3, 0.4) is 0 Å². The molecule has 0 radical (unpaired) electrons. The number of pyridine rings is 1. The molecular weight excluding hydrogens is 294 g/mol. The summed E-state index contributed by atoms with van der Waals surface area (Å²) in [6.45, 7) is 3.14. The van der Waals surface area contributed by atoms with E-state index >= 15 is 0 Å². The SMILES string of the molecule is CC1CCN(C(=O)c2cc3c([nH]c2=O)CCCC3=O)C(CN)C1. The number of nitrogens with zero attached hydrogens (tertiary/aromatic N) is 1. The normalized spacial score (nSPS) is 24.4. The predicted octanol–water partition coefficient (Wildman–Crippen LogP) is 1.09. The molecule has 1 amide bonds. The molecule has 1 aliphatic carbocycles. The molecule has 1 aromatic heterocycles. The summed E-state index contributed by atoms with van der Waals surface area (Å²) >= 11 is 0. The van der Waals surface area contributed by atoms with Crippen molar-refractivity contribution >= 4 is 11.7 Å². The third-order valence-electron chi connectivity index (χ3n) is 5.00. The molecule has 124 valence electrons. The molecule has 0 aromatic carbocycles. The molecule has 6 heteroatoms. The van der Waals surface area contributed by atoms with Gasteiger partial charge in [-0.15, -0.1) is 0 Å². The lowest BCUT2D eigenvalue weighted by Crippen LogP contribution is -2.50. The Morgan fingerprint density at radius 2 is 2.17 bits per heavy atom. The number of carbonyl (C=O) groups excluding carboxylic acids is 2. The number of aryl methyl sites for hydroxylation is 1. The summed E-state index contributed by atoms with van der Waals surface area (Å²) in [4.78, 5) is 41.6. The molecule has 0 bridgehead atoms. The molecule has 2 aliphatic rings. The van der Waals surface area contributed by atoms with Gasteiger partial charge in [-0.05, 0) is 37.7 Å². The van der Waals surface area contributed by atoms with Gasteiger partial charge in [0.1, 0.15) is 5.56 Å². The predicted molar refractivity (Wildman–Crippen MR) is 86.6 cm³/mol. The summed E-state index contributed by atoms with van der Waals surface area (Å²) in [6, 6.07) is 1.45. The van der Waals surface area contributed by atoms with Crippen molar-refractivity contribution < 1.29 is 9.59 Å². The lowest BCUT2D eigenvalue weighted by molar-refractivity contribution is 0.0571. The number of hydrogen-bond acceptors (Lipinski definition) is 4. The van der Waals surface area contributed by atoms with E-state index in [-0.39, 0.29) is 23.3 Å². The van der Waals surface area contributed by atoms with E-state index in [4.69, 9.17) is 5.73 Å². The number of rotatable bonds is 2. The van der Waals surface area contributed by atoms with Crippen LogP contribution in [0.15, 0.2) is 10.9 Å². The van der Waals surface area contributed by atoms with E-state index in [2.05, 4.69) is 11.9 Å². The highest BCUT2D eigenvalue weighted by molar-refractivity contribution is 6.01. The van der Waals surface area contributed by atoms with Crippen LogP contribution in [-0.2, 0) is 6.42 Å². The fourth-order valence-electron chi connectivity index (χ4n) is 3.63. The lowest BCUT2D eigenvalue weighted by Gasteiger charge is -2.38. The van der Waals surface area contributed by atoms with Gasteiger partial charge in [0.15, 0.2) is 5.78 Å². The van der Waals surface area contributed by atoms with Gasteiger partial charge in [-0.1, -0.05) is 6.92 Å². The van der Waals surface area contributed by atoms with E-state index in [0.717, 1.165) is 19.3 Å². The number of ketones is 1. The number of fused-ring (bicyclic) bond motifs is 1. The number of aromatic amines is 1. The van der Waals surface area contributed by atoms with Gasteiger partial charge in [-0.25, -0.2) is 0 Å². The summed E-state index contributed by atoms with van der Waals surface area (Å²) < 4.78 is 0. The number of Topliss-reactive ketones (excluding diaryl/α,β-unsaturated/α-hetero) is 1. The van der Waals surface area contributed by atoms with Gasteiger partial charge < -0.3 is 15.6 Å². The molecule has 3 rings (SSSR count). The Kier molecular flexibility index (Phi) is 4.35. The number of nitrogens with two attached hydrogens (primary N) is 1.